The van der Waals surface area contributed by atoms with E-state index in [2.05, 4.69) is 10.1 Å². The standard InChI is InChI=1S/C15H21N3O3/c1-10(2)15-17-14(18-21-15)9-20-13-8-12(19-3)5-4-11(13)6-7-16/h4-5,8,10H,6-7,9,16H2,1-3H3. The summed E-state index contributed by atoms with van der Waals surface area (Å²) in [6, 6.07) is 5.69. The van der Waals surface area contributed by atoms with Crippen LogP contribution in [0.2, 0.25) is 0 Å². The van der Waals surface area contributed by atoms with E-state index in [1.807, 2.05) is 32.0 Å². The monoisotopic (exact) mass is 291 g/mol. The second-order valence-corrected chi connectivity index (χ2v) is 5.00. The number of aromatic nitrogens is 2. The molecule has 1 heterocycles. The van der Waals surface area contributed by atoms with Gasteiger partial charge in [-0.05, 0) is 24.6 Å². The minimum Gasteiger partial charge on any atom is -0.497 e. The highest BCUT2D eigenvalue weighted by Crippen LogP contribution is 2.26. The third-order valence-electron chi connectivity index (χ3n) is 3.02. The smallest absolute Gasteiger partial charge is 0.229 e. The highest BCUT2D eigenvalue weighted by atomic mass is 16.5. The molecule has 2 rings (SSSR count). The lowest BCUT2D eigenvalue weighted by atomic mass is 10.1. The number of nitrogens with zero attached hydrogens (tertiary/aromatic N) is 2. The predicted octanol–water partition coefficient (Wildman–Crippen LogP) is 2.28. The molecule has 0 unspecified atom stereocenters. The highest BCUT2D eigenvalue weighted by molar-refractivity contribution is 5.41. The number of hydrogen-bond donors (Lipinski definition) is 1. The summed E-state index contributed by atoms with van der Waals surface area (Å²) in [6.07, 6.45) is 0.739. The molecule has 0 fully saturated rings. The quantitative estimate of drug-likeness (QED) is 0.842. The summed E-state index contributed by atoms with van der Waals surface area (Å²) in [5.41, 5.74) is 6.65. The Morgan fingerprint density at radius 2 is 2.14 bits per heavy atom. The summed E-state index contributed by atoms with van der Waals surface area (Å²) >= 11 is 0. The maximum Gasteiger partial charge on any atom is 0.229 e. The van der Waals surface area contributed by atoms with Crippen LogP contribution in [0, 0.1) is 0 Å². The highest BCUT2D eigenvalue weighted by Gasteiger charge is 2.12. The minimum absolute atomic E-state index is 0.205. The molecule has 0 saturated carbocycles. The number of nitrogens with two attached hydrogens (primary N) is 1. The molecule has 0 atom stereocenters. The first kappa shape index (κ1) is 15.3. The first-order chi connectivity index (χ1) is 10.1. The van der Waals surface area contributed by atoms with Gasteiger partial charge in [-0.1, -0.05) is 25.1 Å². The fraction of sp³-hybridized carbons (Fsp3) is 0.467. The summed E-state index contributed by atoms with van der Waals surface area (Å²) in [7, 11) is 1.62. The number of ether oxygens (including phenoxy) is 2. The molecule has 0 radical (unpaired) electrons. The molecule has 0 spiro atoms. The molecule has 0 aliphatic rings. The number of benzene rings is 1. The number of rotatable bonds is 7. The Morgan fingerprint density at radius 1 is 1.33 bits per heavy atom. The van der Waals surface area contributed by atoms with Crippen LogP contribution >= 0.6 is 0 Å². The number of hydrogen-bond acceptors (Lipinski definition) is 6. The van der Waals surface area contributed by atoms with Gasteiger partial charge in [0.1, 0.15) is 11.5 Å². The van der Waals surface area contributed by atoms with E-state index in [1.165, 1.54) is 0 Å². The third-order valence-corrected chi connectivity index (χ3v) is 3.02. The summed E-state index contributed by atoms with van der Waals surface area (Å²) in [4.78, 5) is 4.28. The maximum absolute atomic E-state index is 5.79. The molecule has 0 bridgehead atoms. The second-order valence-electron chi connectivity index (χ2n) is 5.00. The zero-order valence-corrected chi connectivity index (χ0v) is 12.6. The van der Waals surface area contributed by atoms with Crippen LogP contribution in [0.3, 0.4) is 0 Å². The zero-order chi connectivity index (χ0) is 15.2. The van der Waals surface area contributed by atoms with E-state index in [9.17, 15) is 0 Å². The molecule has 0 saturated heterocycles. The molecule has 114 valence electrons. The summed E-state index contributed by atoms with van der Waals surface area (Å²) in [5, 5.41) is 3.90. The molecule has 6 nitrogen and oxygen atoms in total. The van der Waals surface area contributed by atoms with E-state index >= 15 is 0 Å². The van der Waals surface area contributed by atoms with Gasteiger partial charge in [0.2, 0.25) is 11.7 Å². The molecule has 1 aromatic heterocycles. The van der Waals surface area contributed by atoms with Gasteiger partial charge in [0, 0.05) is 12.0 Å². The summed E-state index contributed by atoms with van der Waals surface area (Å²) in [6.45, 7) is 4.81. The zero-order valence-electron chi connectivity index (χ0n) is 12.6. The van der Waals surface area contributed by atoms with Gasteiger partial charge in [0.05, 0.1) is 7.11 Å². The van der Waals surface area contributed by atoms with Gasteiger partial charge in [-0.25, -0.2) is 0 Å². The maximum atomic E-state index is 5.79. The Hall–Kier alpha value is -2.08. The van der Waals surface area contributed by atoms with Crippen molar-refractivity contribution in [2.45, 2.75) is 32.8 Å². The fourth-order valence-electron chi connectivity index (χ4n) is 1.86. The molecule has 1 aromatic carbocycles. The fourth-order valence-corrected chi connectivity index (χ4v) is 1.86. The second kappa shape index (κ2) is 7.08. The topological polar surface area (TPSA) is 83.4 Å². The molecule has 21 heavy (non-hydrogen) atoms. The Morgan fingerprint density at radius 3 is 2.76 bits per heavy atom. The van der Waals surface area contributed by atoms with Gasteiger partial charge < -0.3 is 19.7 Å². The van der Waals surface area contributed by atoms with Gasteiger partial charge in [-0.2, -0.15) is 4.98 Å². The van der Waals surface area contributed by atoms with E-state index in [4.69, 9.17) is 19.7 Å². The molecule has 6 heteroatoms. The van der Waals surface area contributed by atoms with Crippen molar-refractivity contribution in [2.75, 3.05) is 13.7 Å². The van der Waals surface area contributed by atoms with Crippen molar-refractivity contribution in [1.29, 1.82) is 0 Å². The van der Waals surface area contributed by atoms with Crippen molar-refractivity contribution in [1.82, 2.24) is 10.1 Å². The number of methoxy groups -OCH3 is 1. The first-order valence-electron chi connectivity index (χ1n) is 6.96. The van der Waals surface area contributed by atoms with Crippen molar-refractivity contribution in [2.24, 2.45) is 5.73 Å². The van der Waals surface area contributed by atoms with Gasteiger partial charge in [0.15, 0.2) is 6.61 Å². The average molecular weight is 291 g/mol. The predicted molar refractivity (Wildman–Crippen MR) is 78.5 cm³/mol. The Kier molecular flexibility index (Phi) is 5.16. The largest absolute Gasteiger partial charge is 0.497 e. The van der Waals surface area contributed by atoms with Crippen molar-refractivity contribution in [3.05, 3.63) is 35.5 Å². The Bertz CT molecular complexity index is 581. The van der Waals surface area contributed by atoms with Crippen LogP contribution in [-0.2, 0) is 13.0 Å². The first-order valence-corrected chi connectivity index (χ1v) is 6.96. The molecular formula is C15H21N3O3. The SMILES string of the molecule is COc1ccc(CCN)c(OCc2noc(C(C)C)n2)c1. The lowest BCUT2D eigenvalue weighted by Crippen LogP contribution is -2.06. The van der Waals surface area contributed by atoms with Gasteiger partial charge in [0.25, 0.3) is 0 Å². The molecule has 0 aliphatic heterocycles. The van der Waals surface area contributed by atoms with E-state index in [-0.39, 0.29) is 12.5 Å². The lowest BCUT2D eigenvalue weighted by molar-refractivity contribution is 0.280. The Labute approximate surface area is 124 Å². The van der Waals surface area contributed by atoms with Crippen LogP contribution in [0.5, 0.6) is 11.5 Å². The normalized spacial score (nSPS) is 10.9. The lowest BCUT2D eigenvalue weighted by Gasteiger charge is -2.11. The van der Waals surface area contributed by atoms with Crippen LogP contribution in [0.25, 0.3) is 0 Å². The van der Waals surface area contributed by atoms with Gasteiger partial charge in [-0.3, -0.25) is 0 Å². The summed E-state index contributed by atoms with van der Waals surface area (Å²) in [5.74, 6) is 2.81. The van der Waals surface area contributed by atoms with Gasteiger partial charge >= 0.3 is 0 Å². The molecule has 0 amide bonds. The summed E-state index contributed by atoms with van der Waals surface area (Å²) < 4.78 is 16.2. The van der Waals surface area contributed by atoms with Crippen LogP contribution in [-0.4, -0.2) is 23.8 Å². The van der Waals surface area contributed by atoms with E-state index in [0.29, 0.717) is 18.3 Å². The van der Waals surface area contributed by atoms with Crippen molar-refractivity contribution < 1.29 is 14.0 Å². The third kappa shape index (κ3) is 3.95. The van der Waals surface area contributed by atoms with Crippen LogP contribution in [0.4, 0.5) is 0 Å². The van der Waals surface area contributed by atoms with Crippen LogP contribution < -0.4 is 15.2 Å². The molecule has 2 aromatic rings. The van der Waals surface area contributed by atoms with Crippen molar-refractivity contribution in [3.8, 4) is 11.5 Å². The van der Waals surface area contributed by atoms with Gasteiger partial charge in [-0.15, -0.1) is 0 Å². The van der Waals surface area contributed by atoms with Crippen molar-refractivity contribution >= 4 is 0 Å². The Balaban J connectivity index is 2.09. The van der Waals surface area contributed by atoms with Crippen LogP contribution in [0.15, 0.2) is 22.7 Å². The van der Waals surface area contributed by atoms with E-state index in [0.717, 1.165) is 23.5 Å². The molecular weight excluding hydrogens is 270 g/mol. The van der Waals surface area contributed by atoms with Crippen molar-refractivity contribution in [3.63, 3.8) is 0 Å². The molecule has 2 N–H and O–H groups in total. The van der Waals surface area contributed by atoms with E-state index in [1.54, 1.807) is 7.11 Å². The molecule has 0 aliphatic carbocycles. The average Bonchev–Trinajstić information content (AvgIpc) is 2.95. The van der Waals surface area contributed by atoms with Crippen LogP contribution in [0.1, 0.15) is 37.0 Å². The minimum atomic E-state index is 0.205. The van der Waals surface area contributed by atoms with E-state index < -0.39 is 0 Å².